The molecule has 3 rings (SSSR count). The molecule has 156 valence electrons. The number of carbonyl (C=O) groups excluding carboxylic acids is 2. The Morgan fingerprint density at radius 1 is 1.21 bits per heavy atom. The van der Waals surface area contributed by atoms with Crippen molar-refractivity contribution in [3.63, 3.8) is 0 Å². The van der Waals surface area contributed by atoms with Crippen LogP contribution < -0.4 is 14.8 Å². The van der Waals surface area contributed by atoms with E-state index in [1.807, 2.05) is 38.1 Å². The summed E-state index contributed by atoms with van der Waals surface area (Å²) in [5.41, 5.74) is 1.50. The summed E-state index contributed by atoms with van der Waals surface area (Å²) in [7, 11) is 0. The first-order chi connectivity index (χ1) is 14.0. The van der Waals surface area contributed by atoms with E-state index in [2.05, 4.69) is 5.32 Å². The molecule has 0 spiro atoms. The molecule has 29 heavy (non-hydrogen) atoms. The van der Waals surface area contributed by atoms with Gasteiger partial charge in [-0.25, -0.2) is 9.59 Å². The number of allylic oxidation sites excluding steroid dienone is 1. The van der Waals surface area contributed by atoms with Gasteiger partial charge < -0.3 is 29.2 Å². The zero-order valence-electron chi connectivity index (χ0n) is 16.8. The molecule has 2 atom stereocenters. The fraction of sp³-hybridized carbons (Fsp3) is 0.429. The van der Waals surface area contributed by atoms with Crippen LogP contribution in [0.4, 0.5) is 4.79 Å². The topological polar surface area (TPSA) is 86.3 Å². The fourth-order valence-electron chi connectivity index (χ4n) is 3.20. The van der Waals surface area contributed by atoms with Crippen molar-refractivity contribution >= 4 is 12.1 Å². The van der Waals surface area contributed by atoms with Crippen molar-refractivity contribution in [2.45, 2.75) is 45.9 Å². The van der Waals surface area contributed by atoms with Crippen molar-refractivity contribution in [2.75, 3.05) is 13.3 Å². The molecule has 0 saturated carbocycles. The Morgan fingerprint density at radius 2 is 2.00 bits per heavy atom. The van der Waals surface area contributed by atoms with Crippen LogP contribution in [0.2, 0.25) is 0 Å². The predicted octanol–water partition coefficient (Wildman–Crippen LogP) is 3.08. The van der Waals surface area contributed by atoms with E-state index in [1.165, 1.54) is 6.92 Å². The van der Waals surface area contributed by atoms with E-state index < -0.39 is 18.4 Å². The van der Waals surface area contributed by atoms with Crippen LogP contribution in [0.25, 0.3) is 0 Å². The molecule has 0 aliphatic carbocycles. The summed E-state index contributed by atoms with van der Waals surface area (Å²) in [5, 5.41) is 2.83. The lowest BCUT2D eigenvalue weighted by molar-refractivity contribution is -0.161. The number of ether oxygens (including phenoxy) is 4. The minimum Gasteiger partial charge on any atom is -0.454 e. The van der Waals surface area contributed by atoms with Gasteiger partial charge in [0.2, 0.25) is 13.1 Å². The Balaban J connectivity index is 1.53. The Hall–Kier alpha value is -3.16. The van der Waals surface area contributed by atoms with E-state index in [-0.39, 0.29) is 12.8 Å². The number of fused-ring (bicyclic) bond motifs is 1. The molecule has 0 aromatic heterocycles. The van der Waals surface area contributed by atoms with Gasteiger partial charge in [-0.3, -0.25) is 0 Å². The number of carbonyl (C=O) groups is 2. The minimum atomic E-state index is -0.992. The van der Waals surface area contributed by atoms with Crippen molar-refractivity contribution in [2.24, 2.45) is 0 Å². The third-order valence-electron chi connectivity index (χ3n) is 4.69. The number of likely N-dealkylation sites (N-methyl/N-ethyl adjacent to an activating group) is 1. The number of nitrogens with one attached hydrogen (secondary N) is 1. The van der Waals surface area contributed by atoms with Crippen LogP contribution in [0, 0.1) is 0 Å². The molecule has 8 heteroatoms. The van der Waals surface area contributed by atoms with Crippen LogP contribution in [0.5, 0.6) is 11.5 Å². The monoisotopic (exact) mass is 402 g/mol. The van der Waals surface area contributed by atoms with Gasteiger partial charge in [-0.2, -0.15) is 0 Å². The number of hydrogen-bond donors (Lipinski definition) is 1. The van der Waals surface area contributed by atoms with Gasteiger partial charge >= 0.3 is 12.1 Å². The Bertz CT molecular complexity index is 819. The summed E-state index contributed by atoms with van der Waals surface area (Å²) in [4.78, 5) is 26.3. The van der Waals surface area contributed by atoms with E-state index in [9.17, 15) is 9.59 Å². The molecular formula is C21H26N2O6. The van der Waals surface area contributed by atoms with Crippen molar-refractivity contribution in [1.29, 1.82) is 0 Å². The molecule has 0 fully saturated rings. The highest BCUT2D eigenvalue weighted by molar-refractivity contribution is 5.89. The zero-order chi connectivity index (χ0) is 20.8. The standard InChI is InChI=1S/C21H26N2O6/c1-4-23(14(2)10-16-7-8-18-19(11-16)27-13-26-18)21(25)29-15(3)28-20(24)17-6-5-9-22-12-17/h5,7-9,11-12,14-15,22H,4,6,10,13H2,1-3H3. The van der Waals surface area contributed by atoms with Crippen LogP contribution in [0.1, 0.15) is 32.8 Å². The lowest BCUT2D eigenvalue weighted by Gasteiger charge is -2.28. The fourth-order valence-corrected chi connectivity index (χ4v) is 3.20. The van der Waals surface area contributed by atoms with Crippen molar-refractivity contribution in [3.05, 3.63) is 47.8 Å². The number of dihydropyridines is 1. The molecule has 1 aromatic carbocycles. The maximum atomic E-state index is 12.6. The van der Waals surface area contributed by atoms with Gasteiger partial charge in [0, 0.05) is 32.1 Å². The van der Waals surface area contributed by atoms with E-state index in [0.717, 1.165) is 11.3 Å². The number of hydrogen-bond acceptors (Lipinski definition) is 7. The SMILES string of the molecule is CCN(C(=O)OC(C)OC(=O)C1=CNC=CC1)C(C)Cc1ccc2c(c1)OCO2. The van der Waals surface area contributed by atoms with Gasteiger partial charge in [0.1, 0.15) is 0 Å². The molecule has 0 radical (unpaired) electrons. The summed E-state index contributed by atoms with van der Waals surface area (Å²) >= 11 is 0. The largest absolute Gasteiger partial charge is 0.454 e. The van der Waals surface area contributed by atoms with Crippen LogP contribution in [-0.2, 0) is 20.7 Å². The van der Waals surface area contributed by atoms with Crippen molar-refractivity contribution in [3.8, 4) is 11.5 Å². The Morgan fingerprint density at radius 3 is 2.72 bits per heavy atom. The number of esters is 1. The second-order valence-electron chi connectivity index (χ2n) is 6.83. The molecule has 2 aliphatic rings. The first-order valence-corrected chi connectivity index (χ1v) is 9.64. The average Bonchev–Trinajstić information content (AvgIpc) is 3.16. The maximum Gasteiger partial charge on any atom is 0.413 e. The third-order valence-corrected chi connectivity index (χ3v) is 4.69. The average molecular weight is 402 g/mol. The van der Waals surface area contributed by atoms with Crippen LogP contribution in [-0.4, -0.2) is 42.6 Å². The van der Waals surface area contributed by atoms with Crippen LogP contribution in [0.3, 0.4) is 0 Å². The smallest absolute Gasteiger partial charge is 0.413 e. The van der Waals surface area contributed by atoms with Crippen LogP contribution in [0.15, 0.2) is 42.2 Å². The highest BCUT2D eigenvalue weighted by atomic mass is 16.7. The highest BCUT2D eigenvalue weighted by Crippen LogP contribution is 2.33. The van der Waals surface area contributed by atoms with Gasteiger partial charge in [0.15, 0.2) is 11.5 Å². The summed E-state index contributed by atoms with van der Waals surface area (Å²) in [6.45, 7) is 6.03. The quantitative estimate of drug-likeness (QED) is 0.554. The molecule has 1 aromatic rings. The lowest BCUT2D eigenvalue weighted by Crippen LogP contribution is -2.41. The molecular weight excluding hydrogens is 376 g/mol. The van der Waals surface area contributed by atoms with Gasteiger partial charge in [-0.05, 0) is 44.2 Å². The molecule has 2 heterocycles. The van der Waals surface area contributed by atoms with Gasteiger partial charge in [-0.15, -0.1) is 0 Å². The number of rotatable bonds is 7. The van der Waals surface area contributed by atoms with Gasteiger partial charge in [-0.1, -0.05) is 12.1 Å². The van der Waals surface area contributed by atoms with Crippen molar-refractivity contribution < 1.29 is 28.5 Å². The Labute approximate surface area is 170 Å². The molecule has 8 nitrogen and oxygen atoms in total. The van der Waals surface area contributed by atoms with E-state index in [1.54, 1.807) is 17.3 Å². The van der Waals surface area contributed by atoms with E-state index >= 15 is 0 Å². The van der Waals surface area contributed by atoms with E-state index in [0.29, 0.717) is 30.7 Å². The third kappa shape index (κ3) is 5.22. The first kappa shape index (κ1) is 20.6. The second kappa shape index (κ2) is 9.36. The lowest BCUT2D eigenvalue weighted by atomic mass is 10.1. The first-order valence-electron chi connectivity index (χ1n) is 9.64. The van der Waals surface area contributed by atoms with Crippen LogP contribution >= 0.6 is 0 Å². The summed E-state index contributed by atoms with van der Waals surface area (Å²) < 4.78 is 21.3. The van der Waals surface area contributed by atoms with Gasteiger partial charge in [0.05, 0.1) is 5.57 Å². The molecule has 2 unspecified atom stereocenters. The maximum absolute atomic E-state index is 12.6. The molecule has 0 saturated heterocycles. The normalized spacial score (nSPS) is 16.3. The number of amides is 1. The summed E-state index contributed by atoms with van der Waals surface area (Å²) in [6.07, 6.45) is 4.69. The number of nitrogens with zero attached hydrogens (tertiary/aromatic N) is 1. The highest BCUT2D eigenvalue weighted by Gasteiger charge is 2.25. The summed E-state index contributed by atoms with van der Waals surface area (Å²) in [5.74, 6) is 0.920. The van der Waals surface area contributed by atoms with Gasteiger partial charge in [0.25, 0.3) is 0 Å². The molecule has 2 aliphatic heterocycles. The molecule has 0 bridgehead atoms. The zero-order valence-corrected chi connectivity index (χ0v) is 16.8. The van der Waals surface area contributed by atoms with Crippen molar-refractivity contribution in [1.82, 2.24) is 10.2 Å². The predicted molar refractivity (Wildman–Crippen MR) is 105 cm³/mol. The van der Waals surface area contributed by atoms with E-state index in [4.69, 9.17) is 18.9 Å². The Kier molecular flexibility index (Phi) is 6.64. The summed E-state index contributed by atoms with van der Waals surface area (Å²) in [6, 6.07) is 5.62. The number of benzene rings is 1. The molecule has 1 amide bonds. The second-order valence-corrected chi connectivity index (χ2v) is 6.83. The molecule has 1 N–H and O–H groups in total. The minimum absolute atomic E-state index is 0.119.